The third-order valence-corrected chi connectivity index (χ3v) is 8.52. The van der Waals surface area contributed by atoms with Crippen molar-refractivity contribution >= 4 is 17.6 Å². The molecule has 0 aliphatic heterocycles. The number of fused-ring (bicyclic) bond motifs is 1. The van der Waals surface area contributed by atoms with Crippen molar-refractivity contribution < 1.29 is 39.1 Å². The predicted molar refractivity (Wildman–Crippen MR) is 155 cm³/mol. The molecule has 4 atom stereocenters. The van der Waals surface area contributed by atoms with E-state index in [0.29, 0.717) is 46.5 Å². The smallest absolute Gasteiger partial charge is 0.311 e. The van der Waals surface area contributed by atoms with Gasteiger partial charge in [-0.05, 0) is 59.4 Å². The highest BCUT2D eigenvalue weighted by molar-refractivity contribution is 5.99. The molecule has 0 saturated carbocycles. The quantitative estimate of drug-likeness (QED) is 0.254. The van der Waals surface area contributed by atoms with Gasteiger partial charge in [0, 0.05) is 5.69 Å². The predicted octanol–water partition coefficient (Wildman–Crippen LogP) is 4.04. The standard InChI is InChI=1S/C33H37NO8/c1-4-21(35)18-41-32-24-10-6-8-12-26(24)33(42-19-22(36)5-2,27-13-9-7-11-25(27)32)29(31(38)39)28(32)30(37)34-20-14-16-23(40-3)17-15-20/h6-17,21-22,28-29,35-36H,4-5,18-19H2,1-3H3,(H,34,37)(H,38,39). The van der Waals surface area contributed by atoms with Crippen molar-refractivity contribution in [2.75, 3.05) is 25.6 Å². The van der Waals surface area contributed by atoms with Crippen LogP contribution in [0.15, 0.2) is 72.8 Å². The first kappa shape index (κ1) is 29.7. The Balaban J connectivity index is 1.78. The average molecular weight is 576 g/mol. The normalized spacial score (nSPS) is 25.2. The van der Waals surface area contributed by atoms with Gasteiger partial charge in [-0.25, -0.2) is 0 Å². The second-order valence-electron chi connectivity index (χ2n) is 10.8. The van der Waals surface area contributed by atoms with Gasteiger partial charge < -0.3 is 34.8 Å². The number of rotatable bonds is 12. The minimum atomic E-state index is -1.61. The highest BCUT2D eigenvalue weighted by Gasteiger charge is 2.71. The van der Waals surface area contributed by atoms with Gasteiger partial charge >= 0.3 is 5.97 Å². The maximum Gasteiger partial charge on any atom is 0.311 e. The number of anilines is 1. The Morgan fingerprint density at radius 2 is 1.19 bits per heavy atom. The van der Waals surface area contributed by atoms with E-state index in [1.165, 1.54) is 0 Å². The van der Waals surface area contributed by atoms with Crippen molar-refractivity contribution in [2.24, 2.45) is 11.8 Å². The Labute approximate surface area is 245 Å². The third kappa shape index (κ3) is 4.66. The van der Waals surface area contributed by atoms with Gasteiger partial charge in [-0.2, -0.15) is 0 Å². The largest absolute Gasteiger partial charge is 0.497 e. The minimum Gasteiger partial charge on any atom is -0.497 e. The zero-order valence-electron chi connectivity index (χ0n) is 23.9. The molecule has 3 aromatic carbocycles. The molecule has 4 unspecified atom stereocenters. The average Bonchev–Trinajstić information content (AvgIpc) is 3.02. The first-order chi connectivity index (χ1) is 20.2. The molecule has 0 saturated heterocycles. The summed E-state index contributed by atoms with van der Waals surface area (Å²) in [6, 6.07) is 21.2. The molecular formula is C33H37NO8. The fourth-order valence-corrected chi connectivity index (χ4v) is 6.42. The van der Waals surface area contributed by atoms with Crippen LogP contribution in [0.25, 0.3) is 0 Å². The van der Waals surface area contributed by atoms with E-state index >= 15 is 0 Å². The zero-order chi connectivity index (χ0) is 30.1. The lowest BCUT2D eigenvalue weighted by molar-refractivity contribution is -0.204. The lowest BCUT2D eigenvalue weighted by Crippen LogP contribution is -2.67. The van der Waals surface area contributed by atoms with Crippen LogP contribution < -0.4 is 10.1 Å². The molecule has 3 aliphatic carbocycles. The Morgan fingerprint density at radius 3 is 1.57 bits per heavy atom. The molecule has 0 heterocycles. The van der Waals surface area contributed by atoms with Gasteiger partial charge in [0.1, 0.15) is 22.9 Å². The maximum absolute atomic E-state index is 14.4. The summed E-state index contributed by atoms with van der Waals surface area (Å²) in [6.07, 6.45) is -0.867. The summed E-state index contributed by atoms with van der Waals surface area (Å²) in [4.78, 5) is 27.9. The summed E-state index contributed by atoms with van der Waals surface area (Å²) < 4.78 is 18.4. The van der Waals surface area contributed by atoms with Crippen molar-refractivity contribution in [3.63, 3.8) is 0 Å². The van der Waals surface area contributed by atoms with E-state index in [1.54, 1.807) is 55.6 Å². The topological polar surface area (TPSA) is 135 Å². The molecule has 9 nitrogen and oxygen atoms in total. The summed E-state index contributed by atoms with van der Waals surface area (Å²) in [5.74, 6) is -3.98. The number of nitrogens with one attached hydrogen (secondary N) is 1. The van der Waals surface area contributed by atoms with Gasteiger partial charge in [-0.1, -0.05) is 62.4 Å². The highest BCUT2D eigenvalue weighted by Crippen LogP contribution is 2.65. The number of aliphatic hydroxyl groups excluding tert-OH is 2. The molecule has 1 amide bonds. The van der Waals surface area contributed by atoms with Crippen LogP contribution in [0, 0.1) is 11.8 Å². The molecular weight excluding hydrogens is 538 g/mol. The number of carbonyl (C=O) groups excluding carboxylic acids is 1. The van der Waals surface area contributed by atoms with Crippen molar-refractivity contribution in [2.45, 2.75) is 50.1 Å². The van der Waals surface area contributed by atoms with Crippen LogP contribution in [-0.4, -0.2) is 59.7 Å². The first-order valence-corrected chi connectivity index (χ1v) is 14.3. The number of aliphatic hydroxyl groups is 2. The number of ether oxygens (including phenoxy) is 3. The number of carbonyl (C=O) groups is 2. The molecule has 222 valence electrons. The minimum absolute atomic E-state index is 0.125. The van der Waals surface area contributed by atoms with E-state index in [9.17, 15) is 24.9 Å². The number of amides is 1. The van der Waals surface area contributed by atoms with E-state index in [2.05, 4.69) is 5.32 Å². The van der Waals surface area contributed by atoms with Crippen LogP contribution in [0.4, 0.5) is 5.69 Å². The Hall–Kier alpha value is -3.76. The van der Waals surface area contributed by atoms with Crippen LogP contribution in [0.3, 0.4) is 0 Å². The Kier molecular flexibility index (Phi) is 8.39. The van der Waals surface area contributed by atoms with Gasteiger partial charge in [0.2, 0.25) is 5.91 Å². The summed E-state index contributed by atoms with van der Waals surface area (Å²) in [5, 5.41) is 35.0. The summed E-state index contributed by atoms with van der Waals surface area (Å²) in [7, 11) is 1.54. The van der Waals surface area contributed by atoms with Crippen LogP contribution in [0.5, 0.6) is 5.75 Å². The molecule has 4 N–H and O–H groups in total. The molecule has 0 aromatic heterocycles. The molecule has 3 aliphatic rings. The molecule has 42 heavy (non-hydrogen) atoms. The van der Waals surface area contributed by atoms with Crippen molar-refractivity contribution in [1.82, 2.24) is 0 Å². The number of benzene rings is 3. The zero-order valence-corrected chi connectivity index (χ0v) is 23.9. The fraction of sp³-hybridized carbons (Fsp3) is 0.394. The Bertz CT molecular complexity index is 1390. The number of aliphatic carboxylic acids is 1. The molecule has 0 radical (unpaired) electrons. The SMILES string of the molecule is CCC(O)COC12c3ccccc3C(OCC(O)CC)(c3ccccc31)C(C(=O)Nc1ccc(OC)cc1)C2C(=O)O. The Morgan fingerprint density at radius 1 is 0.762 bits per heavy atom. The van der Waals surface area contributed by atoms with Gasteiger partial charge in [0.25, 0.3) is 0 Å². The van der Waals surface area contributed by atoms with Gasteiger partial charge in [-0.3, -0.25) is 9.59 Å². The second kappa shape index (κ2) is 11.9. The number of carboxylic acid groups (broad SMARTS) is 1. The van der Waals surface area contributed by atoms with Gasteiger partial charge in [-0.15, -0.1) is 0 Å². The molecule has 2 bridgehead atoms. The lowest BCUT2D eigenvalue weighted by atomic mass is 9.49. The molecule has 3 aromatic rings. The highest BCUT2D eigenvalue weighted by atomic mass is 16.5. The first-order valence-electron chi connectivity index (χ1n) is 14.3. The summed E-state index contributed by atoms with van der Waals surface area (Å²) >= 11 is 0. The monoisotopic (exact) mass is 575 g/mol. The molecule has 6 rings (SSSR count). The number of carboxylic acids is 1. The van der Waals surface area contributed by atoms with Gasteiger partial charge in [0.15, 0.2) is 0 Å². The van der Waals surface area contributed by atoms with Crippen molar-refractivity contribution in [3.05, 3.63) is 95.1 Å². The summed E-state index contributed by atoms with van der Waals surface area (Å²) in [6.45, 7) is 3.37. The van der Waals surface area contributed by atoms with Crippen LogP contribution in [0.2, 0.25) is 0 Å². The van der Waals surface area contributed by atoms with Crippen LogP contribution in [-0.2, 0) is 30.3 Å². The van der Waals surface area contributed by atoms with Crippen molar-refractivity contribution in [1.29, 1.82) is 0 Å². The number of methoxy groups -OCH3 is 1. The second-order valence-corrected chi connectivity index (χ2v) is 10.8. The third-order valence-electron chi connectivity index (χ3n) is 8.52. The van der Waals surface area contributed by atoms with Gasteiger partial charge in [0.05, 0.1) is 38.4 Å². The maximum atomic E-state index is 14.4. The fourth-order valence-electron chi connectivity index (χ4n) is 6.42. The van der Waals surface area contributed by atoms with E-state index in [4.69, 9.17) is 14.2 Å². The molecule has 0 fully saturated rings. The number of hydrogen-bond acceptors (Lipinski definition) is 7. The van der Waals surface area contributed by atoms with E-state index in [-0.39, 0.29) is 13.2 Å². The van der Waals surface area contributed by atoms with Crippen LogP contribution in [0.1, 0.15) is 48.9 Å². The number of hydrogen-bond donors (Lipinski definition) is 4. The molecule has 0 spiro atoms. The van der Waals surface area contributed by atoms with E-state index in [1.807, 2.05) is 38.1 Å². The van der Waals surface area contributed by atoms with Crippen molar-refractivity contribution in [3.8, 4) is 5.75 Å². The lowest BCUT2D eigenvalue weighted by Gasteiger charge is -2.60. The van der Waals surface area contributed by atoms with E-state index in [0.717, 1.165) is 0 Å². The summed E-state index contributed by atoms with van der Waals surface area (Å²) in [5.41, 5.74) is -0.426. The van der Waals surface area contributed by atoms with E-state index < -0.39 is 47.1 Å². The van der Waals surface area contributed by atoms with Crippen LogP contribution >= 0.6 is 0 Å². The molecule has 9 heteroatoms.